The summed E-state index contributed by atoms with van der Waals surface area (Å²) >= 11 is 0. The van der Waals surface area contributed by atoms with E-state index in [1.165, 1.54) is 12.1 Å². The van der Waals surface area contributed by atoms with Crippen LogP contribution >= 0.6 is 0 Å². The molecule has 22 heavy (non-hydrogen) atoms. The van der Waals surface area contributed by atoms with Crippen molar-refractivity contribution in [3.63, 3.8) is 0 Å². The molecule has 0 aromatic heterocycles. The summed E-state index contributed by atoms with van der Waals surface area (Å²) < 4.78 is 29.5. The summed E-state index contributed by atoms with van der Waals surface area (Å²) in [5.74, 6) is 0.139. The zero-order valence-corrected chi connectivity index (χ0v) is 12.2. The minimum Gasteiger partial charge on any atom is -0.467 e. The Hall–Kier alpha value is -1.70. The Kier molecular flexibility index (Phi) is 4.87. The van der Waals surface area contributed by atoms with Gasteiger partial charge in [0.1, 0.15) is 11.6 Å². The molecule has 2 aliphatic rings. The zero-order chi connectivity index (χ0) is 15.4. The molecule has 1 fully saturated rings. The van der Waals surface area contributed by atoms with Gasteiger partial charge in [0.2, 0.25) is 5.91 Å². The Bertz CT molecular complexity index is 547. The maximum Gasteiger partial charge on any atom is 0.221 e. The first-order chi connectivity index (χ1) is 10.7. The number of nitrogens with one attached hydrogen (secondary N) is 2. The first kappa shape index (κ1) is 15.2. The van der Waals surface area contributed by atoms with Crippen LogP contribution in [0.1, 0.15) is 17.5 Å². The molecule has 1 aromatic rings. The van der Waals surface area contributed by atoms with Crippen LogP contribution in [0.15, 0.2) is 12.1 Å². The minimum absolute atomic E-state index is 0.0276. The van der Waals surface area contributed by atoms with E-state index < -0.39 is 0 Å². The van der Waals surface area contributed by atoms with Crippen LogP contribution in [0.4, 0.5) is 4.39 Å². The van der Waals surface area contributed by atoms with E-state index in [0.717, 1.165) is 6.54 Å². The highest BCUT2D eigenvalue weighted by atomic mass is 19.1. The number of hydrogen-bond donors (Lipinski definition) is 2. The SMILES string of the molecule is O=C(CC1COCCN1)NCc1cc(F)cc2c1OCOC2. The van der Waals surface area contributed by atoms with E-state index in [-0.39, 0.29) is 31.1 Å². The van der Waals surface area contributed by atoms with Crippen molar-refractivity contribution in [1.82, 2.24) is 10.6 Å². The van der Waals surface area contributed by atoms with Crippen molar-refractivity contribution >= 4 is 5.91 Å². The van der Waals surface area contributed by atoms with Gasteiger partial charge in [0, 0.05) is 36.7 Å². The summed E-state index contributed by atoms with van der Waals surface area (Å²) in [4.78, 5) is 12.0. The molecule has 1 atom stereocenters. The quantitative estimate of drug-likeness (QED) is 0.856. The third-order valence-electron chi connectivity index (χ3n) is 3.66. The highest BCUT2D eigenvalue weighted by Gasteiger charge is 2.19. The van der Waals surface area contributed by atoms with Crippen molar-refractivity contribution in [3.8, 4) is 5.75 Å². The van der Waals surface area contributed by atoms with Gasteiger partial charge in [0.15, 0.2) is 6.79 Å². The molecule has 0 aliphatic carbocycles. The second-order valence-electron chi connectivity index (χ2n) is 5.37. The van der Waals surface area contributed by atoms with Gasteiger partial charge >= 0.3 is 0 Å². The minimum atomic E-state index is -0.362. The molecule has 0 spiro atoms. The van der Waals surface area contributed by atoms with Crippen LogP contribution in [0.3, 0.4) is 0 Å². The van der Waals surface area contributed by atoms with Crippen LogP contribution in [0.2, 0.25) is 0 Å². The molecule has 1 saturated heterocycles. The lowest BCUT2D eigenvalue weighted by molar-refractivity contribution is -0.122. The van der Waals surface area contributed by atoms with Crippen molar-refractivity contribution in [2.24, 2.45) is 0 Å². The Labute approximate surface area is 127 Å². The van der Waals surface area contributed by atoms with E-state index in [2.05, 4.69) is 10.6 Å². The summed E-state index contributed by atoms with van der Waals surface area (Å²) in [6.45, 7) is 2.65. The second kappa shape index (κ2) is 7.04. The van der Waals surface area contributed by atoms with E-state index in [9.17, 15) is 9.18 Å². The van der Waals surface area contributed by atoms with Gasteiger partial charge in [-0.15, -0.1) is 0 Å². The average molecular weight is 310 g/mol. The Morgan fingerprint density at radius 3 is 3.14 bits per heavy atom. The molecule has 2 aliphatic heterocycles. The number of morpholine rings is 1. The summed E-state index contributed by atoms with van der Waals surface area (Å²) in [5, 5.41) is 6.02. The zero-order valence-electron chi connectivity index (χ0n) is 12.2. The smallest absolute Gasteiger partial charge is 0.221 e. The molecule has 0 radical (unpaired) electrons. The molecule has 2 N–H and O–H groups in total. The Morgan fingerprint density at radius 1 is 1.41 bits per heavy atom. The van der Waals surface area contributed by atoms with E-state index in [0.29, 0.717) is 43.1 Å². The number of halogens is 1. The van der Waals surface area contributed by atoms with Crippen molar-refractivity contribution < 1.29 is 23.4 Å². The van der Waals surface area contributed by atoms with Crippen LogP contribution in [0.25, 0.3) is 0 Å². The summed E-state index contributed by atoms with van der Waals surface area (Å²) in [5.41, 5.74) is 1.29. The fourth-order valence-electron chi connectivity index (χ4n) is 2.63. The molecule has 2 heterocycles. The molecular weight excluding hydrogens is 291 g/mol. The monoisotopic (exact) mass is 310 g/mol. The largest absolute Gasteiger partial charge is 0.467 e. The van der Waals surface area contributed by atoms with Gasteiger partial charge in [-0.1, -0.05) is 0 Å². The molecular formula is C15H19FN2O4. The number of rotatable bonds is 4. The second-order valence-corrected chi connectivity index (χ2v) is 5.37. The lowest BCUT2D eigenvalue weighted by Gasteiger charge is -2.23. The molecule has 120 valence electrons. The first-order valence-electron chi connectivity index (χ1n) is 7.32. The third-order valence-corrected chi connectivity index (χ3v) is 3.66. The van der Waals surface area contributed by atoms with Crippen LogP contribution in [0, 0.1) is 5.82 Å². The van der Waals surface area contributed by atoms with Gasteiger partial charge in [-0.05, 0) is 12.1 Å². The number of amides is 1. The lowest BCUT2D eigenvalue weighted by atomic mass is 10.1. The standard InChI is InChI=1S/C15H19FN2O4/c16-12-3-10(15-11(4-12)7-21-9-22-15)6-18-14(19)5-13-8-20-2-1-17-13/h3-4,13,17H,1-2,5-9H2,(H,18,19). The van der Waals surface area contributed by atoms with Crippen molar-refractivity contribution in [3.05, 3.63) is 29.1 Å². The topological polar surface area (TPSA) is 68.8 Å². The fraction of sp³-hybridized carbons (Fsp3) is 0.533. The maximum atomic E-state index is 13.6. The van der Waals surface area contributed by atoms with Gasteiger partial charge in [0.25, 0.3) is 0 Å². The van der Waals surface area contributed by atoms with E-state index in [1.807, 2.05) is 0 Å². The predicted molar refractivity (Wildman–Crippen MR) is 75.8 cm³/mol. The van der Waals surface area contributed by atoms with Crippen molar-refractivity contribution in [2.75, 3.05) is 26.6 Å². The average Bonchev–Trinajstić information content (AvgIpc) is 2.53. The van der Waals surface area contributed by atoms with E-state index >= 15 is 0 Å². The number of ether oxygens (including phenoxy) is 3. The van der Waals surface area contributed by atoms with Crippen LogP contribution < -0.4 is 15.4 Å². The molecule has 1 unspecified atom stereocenters. The van der Waals surface area contributed by atoms with Gasteiger partial charge in [-0.3, -0.25) is 4.79 Å². The fourth-order valence-corrected chi connectivity index (χ4v) is 2.63. The van der Waals surface area contributed by atoms with Gasteiger partial charge in [0.05, 0.1) is 19.8 Å². The summed E-state index contributed by atoms with van der Waals surface area (Å²) in [7, 11) is 0. The number of carbonyl (C=O) groups is 1. The Morgan fingerprint density at radius 2 is 2.32 bits per heavy atom. The van der Waals surface area contributed by atoms with E-state index in [1.54, 1.807) is 0 Å². The molecule has 7 heteroatoms. The van der Waals surface area contributed by atoms with Crippen molar-refractivity contribution in [2.45, 2.75) is 25.6 Å². The number of carbonyl (C=O) groups excluding carboxylic acids is 1. The van der Waals surface area contributed by atoms with Gasteiger partial charge in [-0.2, -0.15) is 0 Å². The summed E-state index contributed by atoms with van der Waals surface area (Å²) in [6.07, 6.45) is 0.335. The van der Waals surface area contributed by atoms with Gasteiger partial charge < -0.3 is 24.8 Å². The number of hydrogen-bond acceptors (Lipinski definition) is 5. The number of benzene rings is 1. The highest BCUT2D eigenvalue weighted by Crippen LogP contribution is 2.29. The predicted octanol–water partition coefficient (Wildman–Crippen LogP) is 0.687. The normalized spacial score (nSPS) is 20.9. The first-order valence-corrected chi connectivity index (χ1v) is 7.32. The molecule has 0 saturated carbocycles. The summed E-state index contributed by atoms with van der Waals surface area (Å²) in [6, 6.07) is 2.80. The van der Waals surface area contributed by atoms with Gasteiger partial charge in [-0.25, -0.2) is 4.39 Å². The van der Waals surface area contributed by atoms with Crippen LogP contribution in [0.5, 0.6) is 5.75 Å². The van der Waals surface area contributed by atoms with Crippen LogP contribution in [-0.2, 0) is 27.4 Å². The van der Waals surface area contributed by atoms with E-state index in [4.69, 9.17) is 14.2 Å². The molecule has 3 rings (SSSR count). The van der Waals surface area contributed by atoms with Crippen LogP contribution in [-0.4, -0.2) is 38.5 Å². The maximum absolute atomic E-state index is 13.6. The molecule has 0 bridgehead atoms. The lowest BCUT2D eigenvalue weighted by Crippen LogP contribution is -2.44. The molecule has 6 nitrogen and oxygen atoms in total. The third kappa shape index (κ3) is 3.73. The number of fused-ring (bicyclic) bond motifs is 1. The molecule has 1 aromatic carbocycles. The highest BCUT2D eigenvalue weighted by molar-refractivity contribution is 5.76. The Balaban J connectivity index is 1.58. The molecule has 1 amide bonds. The van der Waals surface area contributed by atoms with Crippen molar-refractivity contribution in [1.29, 1.82) is 0 Å².